The number of furan rings is 1. The monoisotopic (exact) mass is 293 g/mol. The highest BCUT2D eigenvalue weighted by atomic mass is 16.5. The zero-order chi connectivity index (χ0) is 15.1. The number of hydrogen-bond donors (Lipinski definition) is 1. The van der Waals surface area contributed by atoms with Crippen molar-refractivity contribution in [1.29, 1.82) is 0 Å². The summed E-state index contributed by atoms with van der Waals surface area (Å²) in [5.41, 5.74) is 0. The molecule has 1 aliphatic rings. The fourth-order valence-electron chi connectivity index (χ4n) is 3.47. The second-order valence-electron chi connectivity index (χ2n) is 6.87. The van der Waals surface area contributed by atoms with Crippen LogP contribution in [-0.2, 0) is 11.3 Å². The molecule has 0 spiro atoms. The molecule has 1 heterocycles. The zero-order valence-corrected chi connectivity index (χ0v) is 13.8. The summed E-state index contributed by atoms with van der Waals surface area (Å²) in [7, 11) is 0. The largest absolute Gasteiger partial charge is 0.467 e. The van der Waals surface area contributed by atoms with E-state index in [0.29, 0.717) is 12.6 Å². The van der Waals surface area contributed by atoms with Gasteiger partial charge in [-0.05, 0) is 55.7 Å². The van der Waals surface area contributed by atoms with Crippen molar-refractivity contribution in [2.75, 3.05) is 13.2 Å². The maximum atomic E-state index is 5.63. The molecule has 1 N–H and O–H groups in total. The summed E-state index contributed by atoms with van der Waals surface area (Å²) in [6, 6.07) is 4.55. The fraction of sp³-hybridized carbons (Fsp3) is 0.778. The lowest BCUT2D eigenvalue weighted by Crippen LogP contribution is -2.43. The van der Waals surface area contributed by atoms with Crippen LogP contribution < -0.4 is 5.32 Å². The predicted octanol–water partition coefficient (Wildman–Crippen LogP) is 4.24. The van der Waals surface area contributed by atoms with Crippen molar-refractivity contribution in [2.24, 2.45) is 17.8 Å². The van der Waals surface area contributed by atoms with Crippen LogP contribution in [0.25, 0.3) is 0 Å². The minimum absolute atomic E-state index is 0.585. The van der Waals surface area contributed by atoms with Crippen molar-refractivity contribution in [3.05, 3.63) is 24.2 Å². The summed E-state index contributed by atoms with van der Waals surface area (Å²) in [6.07, 6.45) is 6.86. The minimum atomic E-state index is 0.585. The maximum Gasteiger partial charge on any atom is 0.129 e. The third-order valence-electron chi connectivity index (χ3n) is 4.72. The molecule has 120 valence electrons. The van der Waals surface area contributed by atoms with Gasteiger partial charge in [-0.15, -0.1) is 0 Å². The highest BCUT2D eigenvalue weighted by molar-refractivity contribution is 4.96. The van der Waals surface area contributed by atoms with E-state index in [1.807, 2.05) is 12.1 Å². The van der Waals surface area contributed by atoms with Gasteiger partial charge < -0.3 is 14.5 Å². The van der Waals surface area contributed by atoms with Crippen LogP contribution in [0.2, 0.25) is 0 Å². The van der Waals surface area contributed by atoms with E-state index in [2.05, 4.69) is 26.1 Å². The third-order valence-corrected chi connectivity index (χ3v) is 4.72. The Labute approximate surface area is 129 Å². The number of rotatable bonds is 8. The van der Waals surface area contributed by atoms with Gasteiger partial charge in [0.05, 0.1) is 6.26 Å². The molecule has 1 aromatic rings. The Balaban J connectivity index is 1.60. The van der Waals surface area contributed by atoms with Crippen LogP contribution in [-0.4, -0.2) is 19.2 Å². The Morgan fingerprint density at radius 3 is 2.95 bits per heavy atom. The average molecular weight is 293 g/mol. The summed E-state index contributed by atoms with van der Waals surface area (Å²) in [5, 5.41) is 3.77. The van der Waals surface area contributed by atoms with Crippen molar-refractivity contribution < 1.29 is 9.15 Å². The van der Waals surface area contributed by atoms with Crippen molar-refractivity contribution in [3.8, 4) is 0 Å². The highest BCUT2D eigenvalue weighted by Gasteiger charge is 2.29. The zero-order valence-electron chi connectivity index (χ0n) is 13.8. The van der Waals surface area contributed by atoms with Gasteiger partial charge >= 0.3 is 0 Å². The Morgan fingerprint density at radius 2 is 2.24 bits per heavy atom. The molecule has 1 fully saturated rings. The van der Waals surface area contributed by atoms with Gasteiger partial charge in [0, 0.05) is 12.6 Å². The quantitative estimate of drug-likeness (QED) is 0.728. The van der Waals surface area contributed by atoms with Gasteiger partial charge in [0.2, 0.25) is 0 Å². The molecule has 0 aromatic carbocycles. The van der Waals surface area contributed by atoms with E-state index in [9.17, 15) is 0 Å². The molecule has 0 radical (unpaired) electrons. The molecule has 0 amide bonds. The van der Waals surface area contributed by atoms with Gasteiger partial charge in [0.15, 0.2) is 0 Å². The van der Waals surface area contributed by atoms with Gasteiger partial charge in [-0.1, -0.05) is 27.2 Å². The molecule has 2 rings (SSSR count). The Bertz CT molecular complexity index is 375. The molecule has 1 saturated carbocycles. The summed E-state index contributed by atoms with van der Waals surface area (Å²) in [4.78, 5) is 0. The van der Waals surface area contributed by atoms with Crippen molar-refractivity contribution in [2.45, 2.75) is 59.1 Å². The van der Waals surface area contributed by atoms with Crippen LogP contribution >= 0.6 is 0 Å². The van der Waals surface area contributed by atoms with E-state index in [1.54, 1.807) is 6.26 Å². The normalized spacial score (nSPS) is 26.4. The highest BCUT2D eigenvalue weighted by Crippen LogP contribution is 2.33. The molecule has 0 aliphatic heterocycles. The lowest BCUT2D eigenvalue weighted by molar-refractivity contribution is 0.100. The fourth-order valence-corrected chi connectivity index (χ4v) is 3.47. The van der Waals surface area contributed by atoms with Crippen molar-refractivity contribution >= 4 is 0 Å². The van der Waals surface area contributed by atoms with E-state index in [4.69, 9.17) is 9.15 Å². The number of nitrogens with one attached hydrogen (secondary N) is 1. The van der Waals surface area contributed by atoms with Crippen LogP contribution in [0.15, 0.2) is 22.8 Å². The number of hydrogen-bond acceptors (Lipinski definition) is 3. The standard InChI is InChI=1S/C18H31NO2/c1-14(2)17-8-7-15(3)12-18(17)19-9-5-10-20-13-16-6-4-11-21-16/h4,6,11,14-15,17-19H,5,7-10,12-13H2,1-3H3. The van der Waals surface area contributed by atoms with Crippen molar-refractivity contribution in [3.63, 3.8) is 0 Å². The second kappa shape index (κ2) is 8.60. The SMILES string of the molecule is CC1CCC(C(C)C)C(NCCCOCc2ccco2)C1. The van der Waals surface area contributed by atoms with E-state index in [1.165, 1.54) is 19.3 Å². The molecule has 1 aliphatic carbocycles. The molecule has 1 aromatic heterocycles. The molecular formula is C18H31NO2. The molecule has 0 saturated heterocycles. The van der Waals surface area contributed by atoms with Gasteiger partial charge in [-0.2, -0.15) is 0 Å². The topological polar surface area (TPSA) is 34.4 Å². The van der Waals surface area contributed by atoms with Crippen LogP contribution in [0.3, 0.4) is 0 Å². The average Bonchev–Trinajstić information content (AvgIpc) is 2.95. The van der Waals surface area contributed by atoms with E-state index >= 15 is 0 Å². The maximum absolute atomic E-state index is 5.63. The van der Waals surface area contributed by atoms with E-state index < -0.39 is 0 Å². The minimum Gasteiger partial charge on any atom is -0.467 e. The molecule has 3 heteroatoms. The smallest absolute Gasteiger partial charge is 0.129 e. The first-order valence-corrected chi connectivity index (χ1v) is 8.50. The van der Waals surface area contributed by atoms with Gasteiger partial charge in [0.25, 0.3) is 0 Å². The van der Waals surface area contributed by atoms with Gasteiger partial charge in [0.1, 0.15) is 12.4 Å². The predicted molar refractivity (Wildman–Crippen MR) is 86.1 cm³/mol. The van der Waals surface area contributed by atoms with Crippen LogP contribution in [0.1, 0.15) is 52.2 Å². The Kier molecular flexibility index (Phi) is 6.78. The van der Waals surface area contributed by atoms with Gasteiger partial charge in [-0.25, -0.2) is 0 Å². The van der Waals surface area contributed by atoms with Gasteiger partial charge in [-0.3, -0.25) is 0 Å². The Hall–Kier alpha value is -0.800. The molecule has 3 nitrogen and oxygen atoms in total. The van der Waals surface area contributed by atoms with E-state index in [0.717, 1.165) is 43.1 Å². The third kappa shape index (κ3) is 5.48. The van der Waals surface area contributed by atoms with Crippen LogP contribution in [0, 0.1) is 17.8 Å². The van der Waals surface area contributed by atoms with Crippen molar-refractivity contribution in [1.82, 2.24) is 5.32 Å². The summed E-state index contributed by atoms with van der Waals surface area (Å²) in [6.45, 7) is 9.55. The summed E-state index contributed by atoms with van der Waals surface area (Å²) >= 11 is 0. The summed E-state index contributed by atoms with van der Waals surface area (Å²) in [5.74, 6) is 3.40. The van der Waals surface area contributed by atoms with E-state index in [-0.39, 0.29) is 0 Å². The first-order valence-electron chi connectivity index (χ1n) is 8.50. The lowest BCUT2D eigenvalue weighted by atomic mass is 9.74. The lowest BCUT2D eigenvalue weighted by Gasteiger charge is -2.38. The molecule has 3 atom stereocenters. The first-order chi connectivity index (χ1) is 10.2. The van der Waals surface area contributed by atoms with Crippen LogP contribution in [0.5, 0.6) is 0 Å². The molecule has 0 bridgehead atoms. The second-order valence-corrected chi connectivity index (χ2v) is 6.87. The van der Waals surface area contributed by atoms with Crippen LogP contribution in [0.4, 0.5) is 0 Å². The molecular weight excluding hydrogens is 262 g/mol. The number of ether oxygens (including phenoxy) is 1. The molecule has 3 unspecified atom stereocenters. The first kappa shape index (κ1) is 16.6. The Morgan fingerprint density at radius 1 is 1.38 bits per heavy atom. The summed E-state index contributed by atoms with van der Waals surface area (Å²) < 4.78 is 10.9. The molecule has 21 heavy (non-hydrogen) atoms.